The first-order chi connectivity index (χ1) is 15.2. The smallest absolute Gasteiger partial charge is 0.309 e. The summed E-state index contributed by atoms with van der Waals surface area (Å²) in [5.74, 6) is 0.865. The van der Waals surface area contributed by atoms with Gasteiger partial charge in [-0.3, -0.25) is 9.69 Å². The Morgan fingerprint density at radius 2 is 1.97 bits per heavy atom. The van der Waals surface area contributed by atoms with Gasteiger partial charge in [0.15, 0.2) is 0 Å². The van der Waals surface area contributed by atoms with Gasteiger partial charge in [-0.2, -0.15) is 4.98 Å². The quantitative estimate of drug-likeness (QED) is 0.613. The van der Waals surface area contributed by atoms with Crippen LogP contribution in [0.5, 0.6) is 0 Å². The van der Waals surface area contributed by atoms with Crippen LogP contribution < -0.4 is 0 Å². The second-order valence-electron chi connectivity index (χ2n) is 8.41. The van der Waals surface area contributed by atoms with Crippen molar-refractivity contribution in [2.75, 3.05) is 13.1 Å². The second kappa shape index (κ2) is 8.47. The van der Waals surface area contributed by atoms with Crippen molar-refractivity contribution in [1.29, 1.82) is 0 Å². The molecular formula is C25H25N3O3. The number of carbonyl (C=O) groups is 1. The summed E-state index contributed by atoms with van der Waals surface area (Å²) in [5, 5.41) is 15.6. The van der Waals surface area contributed by atoms with Crippen molar-refractivity contribution in [3.63, 3.8) is 0 Å². The molecule has 3 aromatic rings. The number of likely N-dealkylation sites (tertiary alicyclic amines) is 1. The van der Waals surface area contributed by atoms with Gasteiger partial charge in [0.2, 0.25) is 11.7 Å². The van der Waals surface area contributed by atoms with Crippen molar-refractivity contribution >= 4 is 16.7 Å². The fourth-order valence-electron chi connectivity index (χ4n) is 4.41. The number of aromatic nitrogens is 2. The molecule has 0 amide bonds. The molecule has 1 saturated heterocycles. The Labute approximate surface area is 180 Å². The van der Waals surface area contributed by atoms with E-state index in [4.69, 9.17) is 9.63 Å². The zero-order valence-corrected chi connectivity index (χ0v) is 17.3. The Morgan fingerprint density at radius 3 is 2.74 bits per heavy atom. The van der Waals surface area contributed by atoms with Crippen molar-refractivity contribution in [1.82, 2.24) is 15.0 Å². The Bertz CT molecular complexity index is 1160. The molecule has 0 saturated carbocycles. The number of carboxylic acid groups (broad SMARTS) is 1. The minimum Gasteiger partial charge on any atom is -0.481 e. The monoisotopic (exact) mass is 415 g/mol. The highest BCUT2D eigenvalue weighted by Crippen LogP contribution is 2.31. The lowest BCUT2D eigenvalue weighted by molar-refractivity contribution is -0.147. The van der Waals surface area contributed by atoms with E-state index < -0.39 is 5.97 Å². The number of fused-ring (bicyclic) bond motifs is 1. The Hall–Kier alpha value is -3.25. The lowest BCUT2D eigenvalue weighted by atomic mass is 9.95. The van der Waals surface area contributed by atoms with Crippen LogP contribution in [0.15, 0.2) is 65.2 Å². The Kier molecular flexibility index (Phi) is 5.38. The molecule has 1 N–H and O–H groups in total. The minimum absolute atomic E-state index is 0.247. The third-order valence-corrected chi connectivity index (χ3v) is 6.22. The van der Waals surface area contributed by atoms with Crippen molar-refractivity contribution < 1.29 is 14.4 Å². The van der Waals surface area contributed by atoms with Gasteiger partial charge in [0, 0.05) is 31.6 Å². The van der Waals surface area contributed by atoms with Crippen molar-refractivity contribution in [3.8, 4) is 11.4 Å². The van der Waals surface area contributed by atoms with Crippen molar-refractivity contribution in [3.05, 3.63) is 72.2 Å². The molecule has 1 atom stereocenters. The van der Waals surface area contributed by atoms with Crippen LogP contribution in [0.4, 0.5) is 0 Å². The number of rotatable bonds is 7. The van der Waals surface area contributed by atoms with Crippen LogP contribution in [0.3, 0.4) is 0 Å². The first-order valence-electron chi connectivity index (χ1n) is 10.8. The van der Waals surface area contributed by atoms with E-state index in [1.54, 1.807) is 0 Å². The van der Waals surface area contributed by atoms with E-state index in [1.807, 2.05) is 12.1 Å². The number of aryl methyl sites for hydroxylation is 1. The number of nitrogens with zero attached hydrogens (tertiary/aromatic N) is 3. The van der Waals surface area contributed by atoms with Gasteiger partial charge in [-0.1, -0.05) is 65.9 Å². The molecule has 5 rings (SSSR count). The Balaban J connectivity index is 1.34. The summed E-state index contributed by atoms with van der Waals surface area (Å²) in [6.07, 6.45) is 11.4. The van der Waals surface area contributed by atoms with Gasteiger partial charge >= 0.3 is 5.97 Å². The first kappa shape index (κ1) is 19.7. The summed E-state index contributed by atoms with van der Waals surface area (Å²) in [6.45, 7) is 1.95. The standard InChI is InChI=1S/C25H25N3O3/c29-25(30)19-15-28(16-19)14-18-11-12-22(21-9-5-4-8-20(18)21)24-26-23(31-27-24)13-10-17-6-2-1-3-7-17/h1-6,8-9,11-12,17,19H,7,10,13-16H2,(H,29,30). The van der Waals surface area contributed by atoms with Crippen LogP contribution in [0.1, 0.15) is 24.3 Å². The van der Waals surface area contributed by atoms with Crippen LogP contribution in [0.25, 0.3) is 22.2 Å². The molecule has 6 nitrogen and oxygen atoms in total. The zero-order valence-electron chi connectivity index (χ0n) is 17.3. The molecule has 2 aliphatic rings. The van der Waals surface area contributed by atoms with Crippen molar-refractivity contribution in [2.45, 2.75) is 25.8 Å². The highest BCUT2D eigenvalue weighted by molar-refractivity contribution is 5.97. The average Bonchev–Trinajstić information content (AvgIpc) is 3.23. The second-order valence-corrected chi connectivity index (χ2v) is 8.41. The summed E-state index contributed by atoms with van der Waals surface area (Å²) in [7, 11) is 0. The van der Waals surface area contributed by atoms with Gasteiger partial charge in [0.1, 0.15) is 0 Å². The van der Waals surface area contributed by atoms with E-state index in [9.17, 15) is 4.79 Å². The Morgan fingerprint density at radius 1 is 1.13 bits per heavy atom. The van der Waals surface area contributed by atoms with E-state index in [0.29, 0.717) is 30.7 Å². The highest BCUT2D eigenvalue weighted by Gasteiger charge is 2.32. The predicted molar refractivity (Wildman–Crippen MR) is 118 cm³/mol. The first-order valence-corrected chi connectivity index (χ1v) is 10.8. The third-order valence-electron chi connectivity index (χ3n) is 6.22. The maximum absolute atomic E-state index is 11.1. The molecule has 1 aromatic heterocycles. The van der Waals surface area contributed by atoms with Crippen LogP contribution in [-0.2, 0) is 17.8 Å². The molecule has 6 heteroatoms. The number of aliphatic carboxylic acids is 1. The van der Waals surface area contributed by atoms with Gasteiger partial charge in [-0.25, -0.2) is 0 Å². The fraction of sp³-hybridized carbons (Fsp3) is 0.320. The van der Waals surface area contributed by atoms with Crippen LogP contribution >= 0.6 is 0 Å². The molecule has 1 unspecified atom stereocenters. The van der Waals surface area contributed by atoms with Gasteiger partial charge in [0.25, 0.3) is 0 Å². The van der Waals surface area contributed by atoms with Gasteiger partial charge in [-0.05, 0) is 35.1 Å². The van der Waals surface area contributed by atoms with Gasteiger partial charge < -0.3 is 9.63 Å². The SMILES string of the molecule is O=C(O)C1CN(Cc2ccc(-c3noc(CCC4C=CC=CC4)n3)c3ccccc23)C1. The summed E-state index contributed by atoms with van der Waals surface area (Å²) in [6, 6.07) is 12.4. The molecule has 2 heterocycles. The van der Waals surface area contributed by atoms with Crippen molar-refractivity contribution in [2.24, 2.45) is 11.8 Å². The summed E-state index contributed by atoms with van der Waals surface area (Å²) < 4.78 is 5.55. The van der Waals surface area contributed by atoms with E-state index >= 15 is 0 Å². The molecule has 0 spiro atoms. The average molecular weight is 415 g/mol. The number of hydrogen-bond acceptors (Lipinski definition) is 5. The number of hydrogen-bond donors (Lipinski definition) is 1. The summed E-state index contributed by atoms with van der Waals surface area (Å²) >= 11 is 0. The highest BCUT2D eigenvalue weighted by atomic mass is 16.5. The summed E-state index contributed by atoms with van der Waals surface area (Å²) in [5.41, 5.74) is 2.14. The normalized spacial score (nSPS) is 19.0. The van der Waals surface area contributed by atoms with E-state index in [1.165, 1.54) is 5.56 Å². The molecule has 158 valence electrons. The number of allylic oxidation sites excluding steroid dienone is 4. The molecule has 1 aliphatic carbocycles. The summed E-state index contributed by atoms with van der Waals surface area (Å²) in [4.78, 5) is 17.9. The zero-order chi connectivity index (χ0) is 21.2. The van der Waals surface area contributed by atoms with E-state index in [2.05, 4.69) is 63.6 Å². The minimum atomic E-state index is -0.708. The molecule has 31 heavy (non-hydrogen) atoms. The predicted octanol–water partition coefficient (Wildman–Crippen LogP) is 4.47. The van der Waals surface area contributed by atoms with Gasteiger partial charge in [0.05, 0.1) is 5.92 Å². The van der Waals surface area contributed by atoms with Crippen LogP contribution in [-0.4, -0.2) is 39.2 Å². The third kappa shape index (κ3) is 4.16. The van der Waals surface area contributed by atoms with E-state index in [-0.39, 0.29) is 5.92 Å². The molecule has 0 bridgehead atoms. The largest absolute Gasteiger partial charge is 0.481 e. The van der Waals surface area contributed by atoms with Crippen LogP contribution in [0.2, 0.25) is 0 Å². The van der Waals surface area contributed by atoms with E-state index in [0.717, 1.165) is 42.1 Å². The lowest BCUT2D eigenvalue weighted by Crippen LogP contribution is -2.49. The molecule has 1 aliphatic heterocycles. The van der Waals surface area contributed by atoms with Gasteiger partial charge in [-0.15, -0.1) is 0 Å². The number of carboxylic acids is 1. The maximum atomic E-state index is 11.1. The molecule has 2 aromatic carbocycles. The molecular weight excluding hydrogens is 390 g/mol. The topological polar surface area (TPSA) is 79.5 Å². The number of benzene rings is 2. The molecule has 0 radical (unpaired) electrons. The maximum Gasteiger partial charge on any atom is 0.309 e. The fourth-order valence-corrected chi connectivity index (χ4v) is 4.41. The molecule has 1 fully saturated rings. The lowest BCUT2D eigenvalue weighted by Gasteiger charge is -2.36. The van der Waals surface area contributed by atoms with Crippen LogP contribution in [0, 0.1) is 11.8 Å².